The van der Waals surface area contributed by atoms with Crippen molar-refractivity contribution in [3.05, 3.63) is 41.7 Å². The third kappa shape index (κ3) is 7.84. The van der Waals surface area contributed by atoms with Gasteiger partial charge in [-0.05, 0) is 81.1 Å². The Morgan fingerprint density at radius 3 is 2.54 bits per heavy atom. The average Bonchev–Trinajstić information content (AvgIpc) is 2.72. The molecule has 1 aliphatic carbocycles. The molecule has 1 aromatic rings. The van der Waals surface area contributed by atoms with E-state index in [0.717, 1.165) is 38.5 Å². The molecule has 1 aliphatic rings. The van der Waals surface area contributed by atoms with Gasteiger partial charge in [0.05, 0.1) is 5.92 Å². The molecule has 0 heterocycles. The SMILES string of the molecule is CCCCCCc1ccc(OC(=O)[C@H]2CC[C@H](CCC=C(F)C#N)CC2)cc1. The van der Waals surface area contributed by atoms with Crippen molar-refractivity contribution >= 4 is 5.97 Å². The van der Waals surface area contributed by atoms with Gasteiger partial charge in [0.2, 0.25) is 0 Å². The molecule has 1 fully saturated rings. The van der Waals surface area contributed by atoms with Crippen molar-refractivity contribution in [3.63, 3.8) is 0 Å². The first kappa shape index (κ1) is 22.1. The van der Waals surface area contributed by atoms with Crippen LogP contribution in [0, 0.1) is 23.2 Å². The number of hydrogen-bond acceptors (Lipinski definition) is 3. The molecule has 0 bridgehead atoms. The summed E-state index contributed by atoms with van der Waals surface area (Å²) in [6.07, 6.45) is 12.4. The summed E-state index contributed by atoms with van der Waals surface area (Å²) < 4.78 is 18.4. The van der Waals surface area contributed by atoms with Crippen LogP contribution in [-0.4, -0.2) is 5.97 Å². The fraction of sp³-hybridized carbons (Fsp3) is 0.583. The summed E-state index contributed by atoms with van der Waals surface area (Å²) in [6, 6.07) is 9.40. The van der Waals surface area contributed by atoms with Gasteiger partial charge in [0.15, 0.2) is 5.83 Å². The minimum atomic E-state index is -0.704. The molecule has 0 N–H and O–H groups in total. The highest BCUT2D eigenvalue weighted by molar-refractivity contribution is 5.75. The van der Waals surface area contributed by atoms with E-state index in [0.29, 0.717) is 18.1 Å². The number of ether oxygens (including phenoxy) is 1. The lowest BCUT2D eigenvalue weighted by Crippen LogP contribution is -2.25. The van der Waals surface area contributed by atoms with Crippen molar-refractivity contribution in [2.75, 3.05) is 0 Å². The lowest BCUT2D eigenvalue weighted by atomic mass is 9.80. The minimum Gasteiger partial charge on any atom is -0.426 e. The highest BCUT2D eigenvalue weighted by Gasteiger charge is 2.27. The zero-order chi connectivity index (χ0) is 20.2. The summed E-state index contributed by atoms with van der Waals surface area (Å²) in [5, 5.41) is 8.42. The zero-order valence-electron chi connectivity index (χ0n) is 17.0. The molecule has 0 spiro atoms. The fourth-order valence-corrected chi connectivity index (χ4v) is 3.86. The van der Waals surface area contributed by atoms with E-state index in [1.807, 2.05) is 12.1 Å². The number of nitrogens with zero attached hydrogens (tertiary/aromatic N) is 1. The highest BCUT2D eigenvalue weighted by atomic mass is 19.1. The van der Waals surface area contributed by atoms with Crippen molar-refractivity contribution < 1.29 is 13.9 Å². The number of hydrogen-bond donors (Lipinski definition) is 0. The summed E-state index contributed by atoms with van der Waals surface area (Å²) in [5.74, 6) is 0.241. The summed E-state index contributed by atoms with van der Waals surface area (Å²) in [5.41, 5.74) is 1.29. The Morgan fingerprint density at radius 1 is 1.18 bits per heavy atom. The van der Waals surface area contributed by atoms with Crippen molar-refractivity contribution in [2.24, 2.45) is 11.8 Å². The summed E-state index contributed by atoms with van der Waals surface area (Å²) in [7, 11) is 0. The topological polar surface area (TPSA) is 50.1 Å². The Kier molecular flexibility index (Phi) is 9.76. The smallest absolute Gasteiger partial charge is 0.314 e. The third-order valence-corrected chi connectivity index (χ3v) is 5.65. The monoisotopic (exact) mass is 385 g/mol. The Balaban J connectivity index is 1.70. The van der Waals surface area contributed by atoms with E-state index in [9.17, 15) is 9.18 Å². The molecule has 3 nitrogen and oxygen atoms in total. The molecule has 0 atom stereocenters. The molecule has 0 saturated heterocycles. The van der Waals surface area contributed by atoms with Gasteiger partial charge >= 0.3 is 5.97 Å². The van der Waals surface area contributed by atoms with Crippen molar-refractivity contribution in [2.45, 2.75) is 77.6 Å². The fourth-order valence-electron chi connectivity index (χ4n) is 3.86. The Hall–Kier alpha value is -2.15. The first-order valence-corrected chi connectivity index (χ1v) is 10.7. The van der Waals surface area contributed by atoms with Crippen molar-refractivity contribution in [3.8, 4) is 11.8 Å². The van der Waals surface area contributed by atoms with E-state index >= 15 is 0 Å². The minimum absolute atomic E-state index is 0.0450. The number of esters is 1. The van der Waals surface area contributed by atoms with E-state index in [1.54, 1.807) is 0 Å². The first-order valence-electron chi connectivity index (χ1n) is 10.7. The lowest BCUT2D eigenvalue weighted by Gasteiger charge is -2.26. The third-order valence-electron chi connectivity index (χ3n) is 5.65. The normalized spacial score (nSPS) is 19.8. The molecule has 0 unspecified atom stereocenters. The second kappa shape index (κ2) is 12.3. The van der Waals surface area contributed by atoms with Gasteiger partial charge in [0, 0.05) is 0 Å². The van der Waals surface area contributed by atoms with Crippen LogP contribution in [0.1, 0.15) is 76.7 Å². The van der Waals surface area contributed by atoms with Gasteiger partial charge in [0.25, 0.3) is 0 Å². The average molecular weight is 386 g/mol. The van der Waals surface area contributed by atoms with Crippen LogP contribution in [0.3, 0.4) is 0 Å². The van der Waals surface area contributed by atoms with Gasteiger partial charge in [-0.15, -0.1) is 0 Å². The first-order chi connectivity index (χ1) is 13.6. The number of carbonyl (C=O) groups is 1. The number of aryl methyl sites for hydroxylation is 1. The molecule has 0 aromatic heterocycles. The van der Waals surface area contributed by atoms with E-state index in [1.165, 1.54) is 43.4 Å². The van der Waals surface area contributed by atoms with Gasteiger partial charge in [-0.3, -0.25) is 4.79 Å². The van der Waals surface area contributed by atoms with Crippen LogP contribution >= 0.6 is 0 Å². The largest absolute Gasteiger partial charge is 0.426 e. The second-order valence-electron chi connectivity index (χ2n) is 7.83. The van der Waals surface area contributed by atoms with Gasteiger partial charge in [0.1, 0.15) is 11.8 Å². The number of benzene rings is 1. The van der Waals surface area contributed by atoms with E-state index in [4.69, 9.17) is 10.00 Å². The van der Waals surface area contributed by atoms with Gasteiger partial charge < -0.3 is 4.74 Å². The Morgan fingerprint density at radius 2 is 1.89 bits per heavy atom. The maximum atomic E-state index is 12.8. The van der Waals surface area contributed by atoms with Crippen LogP contribution in [0.5, 0.6) is 5.75 Å². The standard InChI is InChI=1S/C24H32FNO2/c1-2-3-4-5-7-19-12-16-23(17-13-19)28-24(27)21-14-10-20(11-15-21)8-6-9-22(25)18-26/h9,12-13,16-17,20-21H,2-8,10-11,14-15H2,1H3/t20-,21-. The quantitative estimate of drug-likeness (QED) is 0.195. The summed E-state index contributed by atoms with van der Waals surface area (Å²) >= 11 is 0. The van der Waals surface area contributed by atoms with Gasteiger partial charge in [-0.25, -0.2) is 0 Å². The molecular formula is C24H32FNO2. The molecule has 28 heavy (non-hydrogen) atoms. The molecule has 0 aliphatic heterocycles. The van der Waals surface area contributed by atoms with Crippen LogP contribution in [-0.2, 0) is 11.2 Å². The maximum absolute atomic E-state index is 12.8. The van der Waals surface area contributed by atoms with Crippen LogP contribution in [0.4, 0.5) is 4.39 Å². The second-order valence-corrected chi connectivity index (χ2v) is 7.83. The molecule has 2 rings (SSSR count). The highest BCUT2D eigenvalue weighted by Crippen LogP contribution is 2.32. The number of unbranched alkanes of at least 4 members (excludes halogenated alkanes) is 3. The number of halogens is 1. The zero-order valence-corrected chi connectivity index (χ0v) is 17.0. The molecule has 4 heteroatoms. The van der Waals surface area contributed by atoms with Gasteiger partial charge in [-0.1, -0.05) is 38.3 Å². The molecule has 0 amide bonds. The molecule has 1 saturated carbocycles. The summed E-state index contributed by atoms with van der Waals surface area (Å²) in [4.78, 5) is 12.4. The predicted molar refractivity (Wildman–Crippen MR) is 109 cm³/mol. The number of rotatable bonds is 10. The van der Waals surface area contributed by atoms with E-state index < -0.39 is 5.83 Å². The Labute approximate surface area is 168 Å². The molecular weight excluding hydrogens is 353 g/mol. The van der Waals surface area contributed by atoms with Crippen molar-refractivity contribution in [1.29, 1.82) is 5.26 Å². The van der Waals surface area contributed by atoms with Crippen LogP contribution in [0.15, 0.2) is 36.2 Å². The summed E-state index contributed by atoms with van der Waals surface area (Å²) in [6.45, 7) is 2.21. The number of allylic oxidation sites excluding steroid dienone is 2. The predicted octanol–water partition coefficient (Wildman–Crippen LogP) is 6.68. The van der Waals surface area contributed by atoms with Crippen molar-refractivity contribution in [1.82, 2.24) is 0 Å². The molecule has 152 valence electrons. The van der Waals surface area contributed by atoms with E-state index in [2.05, 4.69) is 19.1 Å². The lowest BCUT2D eigenvalue weighted by molar-refractivity contribution is -0.140. The van der Waals surface area contributed by atoms with E-state index in [-0.39, 0.29) is 11.9 Å². The number of carbonyl (C=O) groups excluding carboxylic acids is 1. The van der Waals surface area contributed by atoms with Gasteiger partial charge in [-0.2, -0.15) is 9.65 Å². The van der Waals surface area contributed by atoms with Crippen LogP contribution < -0.4 is 4.74 Å². The number of nitriles is 1. The van der Waals surface area contributed by atoms with Crippen LogP contribution in [0.2, 0.25) is 0 Å². The molecule has 1 aromatic carbocycles. The van der Waals surface area contributed by atoms with Crippen LogP contribution in [0.25, 0.3) is 0 Å². The maximum Gasteiger partial charge on any atom is 0.314 e. The molecule has 0 radical (unpaired) electrons. The Bertz CT molecular complexity index is 667.